The molecule has 0 saturated carbocycles. The van der Waals surface area contributed by atoms with Gasteiger partial charge in [-0.2, -0.15) is 0 Å². The summed E-state index contributed by atoms with van der Waals surface area (Å²) in [6.07, 6.45) is 0.519. The van der Waals surface area contributed by atoms with Crippen LogP contribution in [0.3, 0.4) is 0 Å². The second-order valence-corrected chi connectivity index (χ2v) is 4.08. The van der Waals surface area contributed by atoms with Crippen molar-refractivity contribution in [1.82, 2.24) is 10.2 Å². The van der Waals surface area contributed by atoms with E-state index in [1.54, 1.807) is 6.92 Å². The molecule has 0 aromatic heterocycles. The van der Waals surface area contributed by atoms with E-state index in [1.165, 1.54) is 4.90 Å². The minimum atomic E-state index is -1.24. The van der Waals surface area contributed by atoms with E-state index in [-0.39, 0.29) is 26.2 Å². The number of carbonyl (C=O) groups is 3. The fraction of sp³-hybridized carbons (Fsp3) is 0.750. The van der Waals surface area contributed by atoms with Gasteiger partial charge in [-0.3, -0.25) is 4.79 Å². The molecule has 116 valence electrons. The SMILES string of the molecule is CCCN(CC(=O)OCC)C(=O)N[C@@H](CCO)C(=O)O. The summed E-state index contributed by atoms with van der Waals surface area (Å²) < 4.78 is 4.75. The predicted molar refractivity (Wildman–Crippen MR) is 70.2 cm³/mol. The van der Waals surface area contributed by atoms with Gasteiger partial charge in [0.05, 0.1) is 6.61 Å². The number of carbonyl (C=O) groups excluding carboxylic acids is 2. The maximum absolute atomic E-state index is 11.9. The number of hydrogen-bond acceptors (Lipinski definition) is 5. The molecule has 1 atom stereocenters. The first-order chi connectivity index (χ1) is 9.46. The molecule has 0 aliphatic heterocycles. The molecule has 0 spiro atoms. The Labute approximate surface area is 117 Å². The van der Waals surface area contributed by atoms with E-state index in [1.807, 2.05) is 6.92 Å². The Morgan fingerprint density at radius 3 is 2.40 bits per heavy atom. The fourth-order valence-electron chi connectivity index (χ4n) is 1.51. The smallest absolute Gasteiger partial charge is 0.326 e. The molecular weight excluding hydrogens is 268 g/mol. The highest BCUT2D eigenvalue weighted by Crippen LogP contribution is 1.98. The number of aliphatic carboxylic acids is 1. The molecule has 0 fully saturated rings. The van der Waals surface area contributed by atoms with Crippen LogP contribution in [0, 0.1) is 0 Å². The molecule has 0 aromatic carbocycles. The van der Waals surface area contributed by atoms with Gasteiger partial charge in [0, 0.05) is 19.6 Å². The number of rotatable bonds is 9. The maximum Gasteiger partial charge on any atom is 0.326 e. The number of carboxylic acids is 1. The van der Waals surface area contributed by atoms with Gasteiger partial charge in [-0.15, -0.1) is 0 Å². The number of carboxylic acid groups (broad SMARTS) is 1. The van der Waals surface area contributed by atoms with Gasteiger partial charge in [0.2, 0.25) is 0 Å². The van der Waals surface area contributed by atoms with Gasteiger partial charge in [-0.1, -0.05) is 6.92 Å². The largest absolute Gasteiger partial charge is 0.480 e. The van der Waals surface area contributed by atoms with Crippen molar-refractivity contribution in [2.75, 3.05) is 26.3 Å². The van der Waals surface area contributed by atoms with E-state index in [9.17, 15) is 14.4 Å². The molecule has 0 heterocycles. The van der Waals surface area contributed by atoms with Crippen LogP contribution < -0.4 is 5.32 Å². The molecule has 0 aliphatic rings. The quantitative estimate of drug-likeness (QED) is 0.507. The van der Waals surface area contributed by atoms with Gasteiger partial charge >= 0.3 is 18.0 Å². The summed E-state index contributed by atoms with van der Waals surface area (Å²) in [5, 5.41) is 19.9. The molecule has 0 aromatic rings. The van der Waals surface area contributed by atoms with Crippen molar-refractivity contribution >= 4 is 18.0 Å². The zero-order chi connectivity index (χ0) is 15.5. The molecule has 0 bridgehead atoms. The van der Waals surface area contributed by atoms with Gasteiger partial charge < -0.3 is 25.2 Å². The van der Waals surface area contributed by atoms with Crippen LogP contribution >= 0.6 is 0 Å². The highest BCUT2D eigenvalue weighted by Gasteiger charge is 2.23. The van der Waals surface area contributed by atoms with Crippen LogP contribution in [0.1, 0.15) is 26.7 Å². The van der Waals surface area contributed by atoms with Crippen molar-refractivity contribution in [3.05, 3.63) is 0 Å². The lowest BCUT2D eigenvalue weighted by molar-refractivity contribution is -0.143. The summed E-state index contributed by atoms with van der Waals surface area (Å²) in [5.41, 5.74) is 0. The Morgan fingerprint density at radius 1 is 1.30 bits per heavy atom. The molecule has 0 radical (unpaired) electrons. The van der Waals surface area contributed by atoms with E-state index >= 15 is 0 Å². The Kier molecular flexibility index (Phi) is 9.10. The van der Waals surface area contributed by atoms with Crippen LogP contribution in [0.5, 0.6) is 0 Å². The fourth-order valence-corrected chi connectivity index (χ4v) is 1.51. The standard InChI is InChI=1S/C12H22N2O6/c1-3-6-14(8-10(16)20-4-2)12(19)13-9(5-7-15)11(17)18/h9,15H,3-8H2,1-2H3,(H,13,19)(H,17,18)/t9-/m0/s1. The Balaban J connectivity index is 4.61. The number of nitrogens with zero attached hydrogens (tertiary/aromatic N) is 1. The first-order valence-corrected chi connectivity index (χ1v) is 6.50. The molecule has 0 saturated heterocycles. The molecule has 0 unspecified atom stereocenters. The molecule has 0 rings (SSSR count). The van der Waals surface area contributed by atoms with Gasteiger partial charge in [0.25, 0.3) is 0 Å². The number of urea groups is 1. The van der Waals surface area contributed by atoms with Crippen LogP contribution in [-0.2, 0) is 14.3 Å². The van der Waals surface area contributed by atoms with E-state index in [2.05, 4.69) is 5.32 Å². The van der Waals surface area contributed by atoms with E-state index in [4.69, 9.17) is 14.9 Å². The zero-order valence-corrected chi connectivity index (χ0v) is 11.8. The van der Waals surface area contributed by atoms with Crippen molar-refractivity contribution in [3.8, 4) is 0 Å². The highest BCUT2D eigenvalue weighted by atomic mass is 16.5. The highest BCUT2D eigenvalue weighted by molar-refractivity contribution is 5.85. The van der Waals surface area contributed by atoms with Crippen molar-refractivity contribution in [2.45, 2.75) is 32.7 Å². The predicted octanol–water partition coefficient (Wildman–Crippen LogP) is -0.193. The minimum Gasteiger partial charge on any atom is -0.480 e. The van der Waals surface area contributed by atoms with E-state index in [0.29, 0.717) is 13.0 Å². The lowest BCUT2D eigenvalue weighted by atomic mass is 10.2. The molecule has 8 nitrogen and oxygen atoms in total. The Bertz CT molecular complexity index is 334. The number of amides is 2. The monoisotopic (exact) mass is 290 g/mol. The Morgan fingerprint density at radius 2 is 1.95 bits per heavy atom. The first-order valence-electron chi connectivity index (χ1n) is 6.50. The summed E-state index contributed by atoms with van der Waals surface area (Å²) in [4.78, 5) is 35.4. The van der Waals surface area contributed by atoms with E-state index < -0.39 is 24.0 Å². The number of hydrogen-bond donors (Lipinski definition) is 3. The van der Waals surface area contributed by atoms with Crippen molar-refractivity contribution in [2.24, 2.45) is 0 Å². The third kappa shape index (κ3) is 6.93. The average Bonchev–Trinajstić information content (AvgIpc) is 2.37. The zero-order valence-electron chi connectivity index (χ0n) is 11.8. The Hall–Kier alpha value is -1.83. The molecule has 3 N–H and O–H groups in total. The molecule has 8 heteroatoms. The molecule has 2 amide bonds. The number of ether oxygens (including phenoxy) is 1. The van der Waals surface area contributed by atoms with E-state index in [0.717, 1.165) is 0 Å². The summed E-state index contributed by atoms with van der Waals surface area (Å²) in [5.74, 6) is -1.79. The van der Waals surface area contributed by atoms with Crippen molar-refractivity contribution in [1.29, 1.82) is 0 Å². The van der Waals surface area contributed by atoms with Gasteiger partial charge in [-0.05, 0) is 13.3 Å². The first kappa shape index (κ1) is 18.2. The number of esters is 1. The molecular formula is C12H22N2O6. The average molecular weight is 290 g/mol. The third-order valence-corrected chi connectivity index (χ3v) is 2.42. The lowest BCUT2D eigenvalue weighted by Gasteiger charge is -2.23. The second-order valence-electron chi connectivity index (χ2n) is 4.08. The normalized spacial score (nSPS) is 11.6. The lowest BCUT2D eigenvalue weighted by Crippen LogP contribution is -2.50. The number of aliphatic hydroxyl groups is 1. The maximum atomic E-state index is 11.9. The summed E-state index contributed by atoms with van der Waals surface area (Å²) in [6.45, 7) is 3.40. The summed E-state index contributed by atoms with van der Waals surface area (Å²) >= 11 is 0. The molecule has 20 heavy (non-hydrogen) atoms. The number of aliphatic hydroxyl groups excluding tert-OH is 1. The number of nitrogens with one attached hydrogen (secondary N) is 1. The summed E-state index contributed by atoms with van der Waals surface area (Å²) in [6, 6.07) is -1.85. The minimum absolute atomic E-state index is 0.0968. The van der Waals surface area contributed by atoms with Gasteiger partial charge in [0.15, 0.2) is 0 Å². The van der Waals surface area contributed by atoms with Crippen molar-refractivity contribution < 1.29 is 29.3 Å². The topological polar surface area (TPSA) is 116 Å². The van der Waals surface area contributed by atoms with Crippen LogP contribution in [-0.4, -0.2) is 65.4 Å². The van der Waals surface area contributed by atoms with Crippen LogP contribution in [0.15, 0.2) is 0 Å². The van der Waals surface area contributed by atoms with Gasteiger partial charge in [-0.25, -0.2) is 9.59 Å². The van der Waals surface area contributed by atoms with Crippen LogP contribution in [0.25, 0.3) is 0 Å². The molecule has 0 aliphatic carbocycles. The van der Waals surface area contributed by atoms with Crippen molar-refractivity contribution in [3.63, 3.8) is 0 Å². The van der Waals surface area contributed by atoms with Crippen LogP contribution in [0.4, 0.5) is 4.79 Å². The van der Waals surface area contributed by atoms with Crippen LogP contribution in [0.2, 0.25) is 0 Å². The third-order valence-electron chi connectivity index (χ3n) is 2.42. The summed E-state index contributed by atoms with van der Waals surface area (Å²) in [7, 11) is 0. The van der Waals surface area contributed by atoms with Gasteiger partial charge in [0.1, 0.15) is 12.6 Å². The second kappa shape index (κ2) is 10.0.